The third-order valence-electron chi connectivity index (χ3n) is 5.86. The van der Waals surface area contributed by atoms with Crippen molar-refractivity contribution in [1.29, 1.82) is 0 Å². The summed E-state index contributed by atoms with van der Waals surface area (Å²) in [4.78, 5) is 27.6. The highest BCUT2D eigenvalue weighted by Gasteiger charge is 2.24. The average Bonchev–Trinajstić information content (AvgIpc) is 3.26. The van der Waals surface area contributed by atoms with E-state index >= 15 is 0 Å². The molecule has 0 aliphatic rings. The van der Waals surface area contributed by atoms with Gasteiger partial charge in [0.05, 0.1) is 5.69 Å². The molecule has 0 unspecified atom stereocenters. The zero-order chi connectivity index (χ0) is 26.2. The minimum absolute atomic E-state index is 0.0899. The summed E-state index contributed by atoms with van der Waals surface area (Å²) in [6.45, 7) is 4.59. The third-order valence-corrected chi connectivity index (χ3v) is 5.86. The summed E-state index contributed by atoms with van der Waals surface area (Å²) in [6, 6.07) is 24.4. The van der Waals surface area contributed by atoms with Crippen LogP contribution in [0, 0.1) is 13.8 Å². The summed E-state index contributed by atoms with van der Waals surface area (Å²) in [5.74, 6) is 0.698. The van der Waals surface area contributed by atoms with E-state index in [0.29, 0.717) is 48.1 Å². The van der Waals surface area contributed by atoms with Crippen LogP contribution in [0.3, 0.4) is 0 Å². The summed E-state index contributed by atoms with van der Waals surface area (Å²) >= 11 is 0. The number of aryl methyl sites for hydroxylation is 2. The van der Waals surface area contributed by atoms with Gasteiger partial charge in [-0.25, -0.2) is 0 Å². The van der Waals surface area contributed by atoms with Gasteiger partial charge in [0, 0.05) is 25.3 Å². The number of hydrogen-bond donors (Lipinski definition) is 2. The van der Waals surface area contributed by atoms with E-state index in [0.717, 1.165) is 16.7 Å². The fraction of sp³-hybridized carbons (Fsp3) is 0.207. The van der Waals surface area contributed by atoms with Gasteiger partial charge in [-0.15, -0.1) is 0 Å². The van der Waals surface area contributed by atoms with E-state index in [-0.39, 0.29) is 18.4 Å². The first-order valence-corrected chi connectivity index (χ1v) is 12.0. The summed E-state index contributed by atoms with van der Waals surface area (Å²) in [5.41, 5.74) is 10.4. The lowest BCUT2D eigenvalue weighted by molar-refractivity contribution is -0.118. The van der Waals surface area contributed by atoms with E-state index in [1.807, 2.05) is 66.7 Å². The molecule has 1 aromatic heterocycles. The Morgan fingerprint density at radius 1 is 0.919 bits per heavy atom. The summed E-state index contributed by atoms with van der Waals surface area (Å²) in [6.07, 6.45) is 0. The first kappa shape index (κ1) is 25.7. The highest BCUT2D eigenvalue weighted by atomic mass is 16.5. The minimum Gasteiger partial charge on any atom is -0.484 e. The van der Waals surface area contributed by atoms with Gasteiger partial charge in [0.15, 0.2) is 6.61 Å². The molecule has 3 aromatic carbocycles. The maximum Gasteiger partial charge on any atom is 0.262 e. The van der Waals surface area contributed by atoms with Crippen molar-refractivity contribution >= 4 is 17.5 Å². The van der Waals surface area contributed by atoms with Gasteiger partial charge in [0.1, 0.15) is 17.1 Å². The third kappa shape index (κ3) is 6.83. The Balaban J connectivity index is 1.45. The molecule has 0 fully saturated rings. The van der Waals surface area contributed by atoms with Crippen LogP contribution in [0.5, 0.6) is 5.75 Å². The maximum atomic E-state index is 13.5. The number of aromatic nitrogens is 1. The molecule has 0 aliphatic heterocycles. The average molecular weight is 499 g/mol. The molecule has 1 heterocycles. The van der Waals surface area contributed by atoms with Crippen LogP contribution in [-0.2, 0) is 24.4 Å². The van der Waals surface area contributed by atoms with Gasteiger partial charge in [0.25, 0.3) is 11.8 Å². The number of nitrogens with two attached hydrogens (primary N) is 1. The second kappa shape index (κ2) is 12.0. The van der Waals surface area contributed by atoms with E-state index in [9.17, 15) is 9.59 Å². The predicted octanol–water partition coefficient (Wildman–Crippen LogP) is 4.61. The number of amides is 2. The zero-order valence-electron chi connectivity index (χ0n) is 20.9. The Hall–Kier alpha value is -4.43. The second-order valence-corrected chi connectivity index (χ2v) is 8.73. The highest BCUT2D eigenvalue weighted by molar-refractivity contribution is 5.96. The van der Waals surface area contributed by atoms with Crippen molar-refractivity contribution < 1.29 is 18.8 Å². The molecule has 0 saturated carbocycles. The van der Waals surface area contributed by atoms with Gasteiger partial charge in [-0.05, 0) is 54.8 Å². The lowest BCUT2D eigenvalue weighted by Gasteiger charge is -2.23. The molecule has 37 heavy (non-hydrogen) atoms. The molecule has 2 amide bonds. The molecule has 8 nitrogen and oxygen atoms in total. The Bertz CT molecular complexity index is 1330. The van der Waals surface area contributed by atoms with Crippen LogP contribution in [0.25, 0.3) is 0 Å². The van der Waals surface area contributed by atoms with Crippen molar-refractivity contribution in [3.63, 3.8) is 0 Å². The summed E-state index contributed by atoms with van der Waals surface area (Å²) in [5, 5.41) is 6.77. The van der Waals surface area contributed by atoms with Gasteiger partial charge in [-0.1, -0.05) is 59.8 Å². The van der Waals surface area contributed by atoms with Crippen LogP contribution >= 0.6 is 0 Å². The monoisotopic (exact) mass is 498 g/mol. The molecular weight excluding hydrogens is 468 g/mol. The quantitative estimate of drug-likeness (QED) is 0.330. The number of hydrogen-bond acceptors (Lipinski definition) is 6. The Morgan fingerprint density at radius 3 is 2.30 bits per heavy atom. The van der Waals surface area contributed by atoms with Crippen molar-refractivity contribution in [2.24, 2.45) is 5.73 Å². The largest absolute Gasteiger partial charge is 0.484 e. The van der Waals surface area contributed by atoms with Gasteiger partial charge in [-0.2, -0.15) is 0 Å². The number of benzene rings is 3. The van der Waals surface area contributed by atoms with Crippen molar-refractivity contribution in [2.75, 3.05) is 11.9 Å². The van der Waals surface area contributed by atoms with Crippen LogP contribution in [0.1, 0.15) is 38.5 Å². The van der Waals surface area contributed by atoms with Crippen molar-refractivity contribution in [3.8, 4) is 5.75 Å². The molecule has 0 spiro atoms. The fourth-order valence-electron chi connectivity index (χ4n) is 4.00. The van der Waals surface area contributed by atoms with E-state index in [2.05, 4.69) is 10.5 Å². The Morgan fingerprint density at radius 2 is 1.62 bits per heavy atom. The Labute approximate surface area is 216 Å². The van der Waals surface area contributed by atoms with Gasteiger partial charge >= 0.3 is 0 Å². The van der Waals surface area contributed by atoms with Crippen molar-refractivity contribution in [1.82, 2.24) is 10.1 Å². The van der Waals surface area contributed by atoms with Gasteiger partial charge in [0.2, 0.25) is 0 Å². The molecule has 4 aromatic rings. The summed E-state index contributed by atoms with van der Waals surface area (Å²) in [7, 11) is 0. The molecule has 0 bridgehead atoms. The number of carbonyl (C=O) groups excluding carboxylic acids is 2. The molecule has 4 rings (SSSR count). The molecular formula is C29H30N4O4. The van der Waals surface area contributed by atoms with Crippen LogP contribution in [0.4, 0.5) is 5.69 Å². The SMILES string of the molecule is Cc1noc(C)c1C(=O)N(Cc1ccc(NC(=O)COc2ccccc2)cc1)Cc1cccc(CN)c1. The number of anilines is 1. The molecule has 8 heteroatoms. The number of rotatable bonds is 10. The number of para-hydroxylation sites is 1. The standard InChI is InChI=1S/C29H30N4O4/c1-20-28(21(2)37-32-20)29(35)33(18-24-8-6-7-23(15-24)16-30)17-22-11-13-25(14-12-22)31-27(34)19-36-26-9-4-3-5-10-26/h3-15H,16-19,30H2,1-2H3,(H,31,34). The normalized spacial score (nSPS) is 10.7. The van der Waals surface area contributed by atoms with E-state index in [1.165, 1.54) is 0 Å². The van der Waals surface area contributed by atoms with Crippen molar-refractivity contribution in [3.05, 3.63) is 113 Å². The molecule has 3 N–H and O–H groups in total. The van der Waals surface area contributed by atoms with Crippen LogP contribution in [-0.4, -0.2) is 28.5 Å². The second-order valence-electron chi connectivity index (χ2n) is 8.73. The smallest absolute Gasteiger partial charge is 0.262 e. The molecule has 0 atom stereocenters. The van der Waals surface area contributed by atoms with Gasteiger partial charge < -0.3 is 25.2 Å². The first-order valence-electron chi connectivity index (χ1n) is 12.0. The molecule has 0 aliphatic carbocycles. The summed E-state index contributed by atoms with van der Waals surface area (Å²) < 4.78 is 10.7. The lowest BCUT2D eigenvalue weighted by Crippen LogP contribution is -2.31. The first-order chi connectivity index (χ1) is 17.9. The van der Waals surface area contributed by atoms with Crippen LogP contribution in [0.15, 0.2) is 83.4 Å². The maximum absolute atomic E-state index is 13.5. The molecule has 190 valence electrons. The van der Waals surface area contributed by atoms with E-state index in [1.54, 1.807) is 30.9 Å². The van der Waals surface area contributed by atoms with E-state index < -0.39 is 0 Å². The van der Waals surface area contributed by atoms with Gasteiger partial charge in [-0.3, -0.25) is 9.59 Å². The molecule has 0 saturated heterocycles. The van der Waals surface area contributed by atoms with Crippen LogP contribution in [0.2, 0.25) is 0 Å². The highest BCUT2D eigenvalue weighted by Crippen LogP contribution is 2.21. The van der Waals surface area contributed by atoms with Crippen LogP contribution < -0.4 is 15.8 Å². The lowest BCUT2D eigenvalue weighted by atomic mass is 10.1. The van der Waals surface area contributed by atoms with Crippen molar-refractivity contribution in [2.45, 2.75) is 33.5 Å². The topological polar surface area (TPSA) is 111 Å². The predicted molar refractivity (Wildman–Crippen MR) is 141 cm³/mol. The number of nitrogens with zero attached hydrogens (tertiary/aromatic N) is 2. The Kier molecular flexibility index (Phi) is 8.33. The number of carbonyl (C=O) groups is 2. The number of ether oxygens (including phenoxy) is 1. The molecule has 0 radical (unpaired) electrons. The number of nitrogens with one attached hydrogen (secondary N) is 1. The minimum atomic E-state index is -0.258. The van der Waals surface area contributed by atoms with E-state index in [4.69, 9.17) is 15.0 Å². The zero-order valence-corrected chi connectivity index (χ0v) is 20.9. The fourth-order valence-corrected chi connectivity index (χ4v) is 4.00.